The Labute approximate surface area is 151 Å². The molecule has 1 unspecified atom stereocenters. The summed E-state index contributed by atoms with van der Waals surface area (Å²) in [5.74, 6) is 1.50. The fraction of sp³-hybridized carbons (Fsp3) is 0.500. The zero-order valence-corrected chi connectivity index (χ0v) is 15.4. The summed E-state index contributed by atoms with van der Waals surface area (Å²) in [6.45, 7) is 5.83. The summed E-state index contributed by atoms with van der Waals surface area (Å²) in [6.07, 6.45) is 2.59. The van der Waals surface area contributed by atoms with Crippen molar-refractivity contribution in [1.29, 1.82) is 0 Å². The number of morpholine rings is 1. The molecule has 25 heavy (non-hydrogen) atoms. The molecule has 0 aromatic carbocycles. The average Bonchev–Trinajstić information content (AvgIpc) is 2.62. The van der Waals surface area contributed by atoms with Gasteiger partial charge in [-0.25, -0.2) is 4.98 Å². The molecule has 0 amide bonds. The predicted molar refractivity (Wildman–Crippen MR) is 100 cm³/mol. The number of pyridine rings is 1. The third kappa shape index (κ3) is 4.41. The summed E-state index contributed by atoms with van der Waals surface area (Å²) in [6, 6.07) is 7.09. The van der Waals surface area contributed by atoms with Crippen LogP contribution in [-0.2, 0) is 9.53 Å². The minimum Gasteiger partial charge on any atom is -0.375 e. The predicted octanol–water partition coefficient (Wildman–Crippen LogP) is 2.21. The molecule has 0 saturated carbocycles. The average molecular weight is 361 g/mol. The maximum Gasteiger partial charge on any atom is 0.259 e. The molecule has 134 valence electrons. The van der Waals surface area contributed by atoms with Crippen molar-refractivity contribution in [1.82, 2.24) is 9.38 Å². The van der Waals surface area contributed by atoms with Gasteiger partial charge in [0.05, 0.1) is 12.7 Å². The molecule has 0 N–H and O–H groups in total. The third-order valence-electron chi connectivity index (χ3n) is 4.18. The molecule has 0 spiro atoms. The highest BCUT2D eigenvalue weighted by Gasteiger charge is 2.22. The van der Waals surface area contributed by atoms with Gasteiger partial charge in [-0.1, -0.05) is 31.7 Å². The Balaban J connectivity index is 1.65. The molecule has 3 rings (SSSR count). The Hall–Kier alpha value is -1.86. The van der Waals surface area contributed by atoms with Crippen LogP contribution in [0.15, 0.2) is 35.3 Å². The fourth-order valence-electron chi connectivity index (χ4n) is 2.76. The maximum absolute atomic E-state index is 12.3. The van der Waals surface area contributed by atoms with E-state index in [2.05, 4.69) is 9.88 Å². The second kappa shape index (κ2) is 8.01. The van der Waals surface area contributed by atoms with E-state index in [1.54, 1.807) is 12.3 Å². The molecular formula is C18H23N3O3S. The van der Waals surface area contributed by atoms with Crippen molar-refractivity contribution in [2.45, 2.75) is 26.4 Å². The number of aromatic nitrogens is 2. The van der Waals surface area contributed by atoms with E-state index in [1.807, 2.05) is 32.0 Å². The van der Waals surface area contributed by atoms with Crippen molar-refractivity contribution in [2.24, 2.45) is 5.92 Å². The molecule has 0 bridgehead atoms. The third-order valence-corrected chi connectivity index (χ3v) is 5.37. The SMILES string of the molecule is CC(C)C(=O)SCCC1CN(c2cc(=O)n3ccccc3n2)CCO1. The lowest BCUT2D eigenvalue weighted by Crippen LogP contribution is -2.43. The molecule has 7 heteroatoms. The number of carbonyl (C=O) groups is 1. The fourth-order valence-corrected chi connectivity index (χ4v) is 3.68. The summed E-state index contributed by atoms with van der Waals surface area (Å²) in [5, 5.41) is 0.219. The van der Waals surface area contributed by atoms with Gasteiger partial charge >= 0.3 is 0 Å². The largest absolute Gasteiger partial charge is 0.375 e. The minimum atomic E-state index is -0.0817. The van der Waals surface area contributed by atoms with Gasteiger partial charge in [0.25, 0.3) is 5.56 Å². The number of ether oxygens (including phenoxy) is 1. The van der Waals surface area contributed by atoms with Crippen LogP contribution in [0.4, 0.5) is 5.82 Å². The number of fused-ring (bicyclic) bond motifs is 1. The Bertz CT molecular complexity index is 805. The van der Waals surface area contributed by atoms with Gasteiger partial charge < -0.3 is 9.64 Å². The van der Waals surface area contributed by atoms with Crippen molar-refractivity contribution in [3.63, 3.8) is 0 Å². The van der Waals surface area contributed by atoms with Crippen LogP contribution in [-0.4, -0.2) is 46.1 Å². The number of thioether (sulfide) groups is 1. The first kappa shape index (κ1) is 17.9. The van der Waals surface area contributed by atoms with Gasteiger partial charge in [-0.3, -0.25) is 14.0 Å². The Morgan fingerprint density at radius 2 is 2.28 bits per heavy atom. The quantitative estimate of drug-likeness (QED) is 0.814. The number of nitrogens with zero attached hydrogens (tertiary/aromatic N) is 3. The number of carbonyl (C=O) groups excluding carboxylic acids is 1. The Morgan fingerprint density at radius 3 is 3.08 bits per heavy atom. The number of anilines is 1. The van der Waals surface area contributed by atoms with Gasteiger partial charge in [0.15, 0.2) is 5.12 Å². The van der Waals surface area contributed by atoms with Crippen LogP contribution in [0.25, 0.3) is 5.65 Å². The summed E-state index contributed by atoms with van der Waals surface area (Å²) in [7, 11) is 0. The van der Waals surface area contributed by atoms with E-state index in [1.165, 1.54) is 16.2 Å². The van der Waals surface area contributed by atoms with Gasteiger partial charge in [-0.05, 0) is 18.6 Å². The van der Waals surface area contributed by atoms with Gasteiger partial charge in [-0.15, -0.1) is 0 Å². The molecule has 1 aliphatic heterocycles. The summed E-state index contributed by atoms with van der Waals surface area (Å²) in [5.41, 5.74) is 0.563. The van der Waals surface area contributed by atoms with Crippen molar-refractivity contribution in [3.8, 4) is 0 Å². The smallest absolute Gasteiger partial charge is 0.259 e. The van der Waals surface area contributed by atoms with Gasteiger partial charge in [0.2, 0.25) is 0 Å². The second-order valence-corrected chi connectivity index (χ2v) is 7.53. The first-order valence-corrected chi connectivity index (χ1v) is 9.55. The molecule has 3 heterocycles. The topological polar surface area (TPSA) is 63.9 Å². The molecule has 1 atom stereocenters. The lowest BCUT2D eigenvalue weighted by Gasteiger charge is -2.33. The van der Waals surface area contributed by atoms with Crippen molar-refractivity contribution in [3.05, 3.63) is 40.8 Å². The highest BCUT2D eigenvalue weighted by Crippen LogP contribution is 2.19. The van der Waals surface area contributed by atoms with E-state index < -0.39 is 0 Å². The molecule has 2 aromatic rings. The highest BCUT2D eigenvalue weighted by atomic mass is 32.2. The van der Waals surface area contributed by atoms with E-state index in [-0.39, 0.29) is 22.7 Å². The number of rotatable bonds is 5. The van der Waals surface area contributed by atoms with Gasteiger partial charge in [-0.2, -0.15) is 0 Å². The molecule has 1 saturated heterocycles. The molecule has 6 nitrogen and oxygen atoms in total. The molecule has 0 aliphatic carbocycles. The molecular weight excluding hydrogens is 338 g/mol. The van der Waals surface area contributed by atoms with E-state index >= 15 is 0 Å². The van der Waals surface area contributed by atoms with Crippen LogP contribution >= 0.6 is 11.8 Å². The van der Waals surface area contributed by atoms with Gasteiger partial charge in [0.1, 0.15) is 11.5 Å². The highest BCUT2D eigenvalue weighted by molar-refractivity contribution is 8.13. The van der Waals surface area contributed by atoms with Gasteiger partial charge in [0, 0.05) is 37.0 Å². The Kier molecular flexibility index (Phi) is 5.75. The van der Waals surface area contributed by atoms with Crippen LogP contribution < -0.4 is 10.5 Å². The zero-order chi connectivity index (χ0) is 17.8. The number of hydrogen-bond acceptors (Lipinski definition) is 6. The van der Waals surface area contributed by atoms with Crippen molar-refractivity contribution >= 4 is 28.3 Å². The first-order valence-electron chi connectivity index (χ1n) is 8.56. The second-order valence-electron chi connectivity index (χ2n) is 6.43. The molecule has 0 radical (unpaired) electrons. The normalized spacial score (nSPS) is 18.0. The summed E-state index contributed by atoms with van der Waals surface area (Å²) < 4.78 is 7.35. The first-order chi connectivity index (χ1) is 12.0. The molecule has 2 aromatic heterocycles. The molecule has 1 fully saturated rings. The van der Waals surface area contributed by atoms with Crippen LogP contribution in [0.1, 0.15) is 20.3 Å². The van der Waals surface area contributed by atoms with Crippen molar-refractivity contribution < 1.29 is 9.53 Å². The number of hydrogen-bond donors (Lipinski definition) is 0. The van der Waals surface area contributed by atoms with Crippen molar-refractivity contribution in [2.75, 3.05) is 30.3 Å². The maximum atomic E-state index is 12.3. The summed E-state index contributed by atoms with van der Waals surface area (Å²) >= 11 is 1.37. The monoisotopic (exact) mass is 361 g/mol. The van der Waals surface area contributed by atoms with E-state index in [4.69, 9.17) is 4.74 Å². The van der Waals surface area contributed by atoms with Crippen LogP contribution in [0.5, 0.6) is 0 Å². The zero-order valence-electron chi connectivity index (χ0n) is 14.6. The van der Waals surface area contributed by atoms with Crippen LogP contribution in [0.3, 0.4) is 0 Å². The van der Waals surface area contributed by atoms with E-state index in [0.29, 0.717) is 31.2 Å². The minimum absolute atomic E-state index is 0.0530. The Morgan fingerprint density at radius 1 is 1.44 bits per heavy atom. The summed E-state index contributed by atoms with van der Waals surface area (Å²) in [4.78, 5) is 30.7. The standard InChI is InChI=1S/C18H23N3O3S/c1-13(2)18(23)25-10-6-14-12-20(8-9-24-14)16-11-17(22)21-7-4-3-5-15(21)19-16/h3-5,7,11,13-14H,6,8-10,12H2,1-2H3. The van der Waals surface area contributed by atoms with E-state index in [9.17, 15) is 9.59 Å². The molecule has 1 aliphatic rings. The lowest BCUT2D eigenvalue weighted by atomic mass is 10.2. The lowest BCUT2D eigenvalue weighted by molar-refractivity contribution is -0.113. The van der Waals surface area contributed by atoms with Crippen LogP contribution in [0.2, 0.25) is 0 Å². The van der Waals surface area contributed by atoms with Crippen LogP contribution in [0, 0.1) is 5.92 Å². The van der Waals surface area contributed by atoms with E-state index in [0.717, 1.165) is 12.2 Å².